The van der Waals surface area contributed by atoms with Crippen LogP contribution in [0.5, 0.6) is 0 Å². The van der Waals surface area contributed by atoms with E-state index >= 15 is 0 Å². The lowest BCUT2D eigenvalue weighted by Crippen LogP contribution is -2.45. The molecular formula is C13H15FN2OS. The zero-order valence-electron chi connectivity index (χ0n) is 10.1. The Hall–Kier alpha value is -1.49. The van der Waals surface area contributed by atoms with E-state index in [9.17, 15) is 9.18 Å². The van der Waals surface area contributed by atoms with E-state index in [1.54, 1.807) is 19.1 Å². The predicted molar refractivity (Wildman–Crippen MR) is 71.9 cm³/mol. The highest BCUT2D eigenvalue weighted by molar-refractivity contribution is 7.80. The summed E-state index contributed by atoms with van der Waals surface area (Å²) in [5.74, 6) is -0.388. The van der Waals surface area contributed by atoms with E-state index in [0.717, 1.165) is 12.8 Å². The molecule has 0 radical (unpaired) electrons. The molecule has 3 N–H and O–H groups in total. The van der Waals surface area contributed by atoms with Gasteiger partial charge in [0, 0.05) is 5.56 Å². The van der Waals surface area contributed by atoms with E-state index in [1.165, 1.54) is 6.07 Å². The van der Waals surface area contributed by atoms with Crippen molar-refractivity contribution in [2.75, 3.05) is 0 Å². The Bertz CT molecular complexity index is 500. The molecule has 1 unspecified atom stereocenters. The van der Waals surface area contributed by atoms with Crippen molar-refractivity contribution in [1.29, 1.82) is 0 Å². The van der Waals surface area contributed by atoms with Gasteiger partial charge in [0.15, 0.2) is 0 Å². The number of amides is 1. The molecule has 1 atom stereocenters. The molecule has 1 aromatic rings. The van der Waals surface area contributed by atoms with Crippen molar-refractivity contribution in [2.24, 2.45) is 11.7 Å². The molecule has 1 aliphatic rings. The molecule has 1 fully saturated rings. The zero-order valence-corrected chi connectivity index (χ0v) is 10.9. The smallest absolute Gasteiger partial charge is 0.251 e. The van der Waals surface area contributed by atoms with Gasteiger partial charge in [0.05, 0.1) is 11.0 Å². The molecule has 96 valence electrons. The molecule has 1 saturated carbocycles. The van der Waals surface area contributed by atoms with Crippen molar-refractivity contribution >= 4 is 23.1 Å². The average molecular weight is 266 g/mol. The lowest BCUT2D eigenvalue weighted by atomic mass is 10.1. The van der Waals surface area contributed by atoms with Crippen LogP contribution in [-0.2, 0) is 0 Å². The summed E-state index contributed by atoms with van der Waals surface area (Å²) in [6, 6.07) is 4.12. The summed E-state index contributed by atoms with van der Waals surface area (Å²) in [5, 5.41) is 2.77. The van der Waals surface area contributed by atoms with Gasteiger partial charge in [0.2, 0.25) is 0 Å². The van der Waals surface area contributed by atoms with Crippen molar-refractivity contribution in [2.45, 2.75) is 25.8 Å². The maximum atomic E-state index is 13.4. The number of halogens is 1. The largest absolute Gasteiger partial charge is 0.392 e. The number of hydrogen-bond donors (Lipinski definition) is 2. The minimum Gasteiger partial charge on any atom is -0.392 e. The highest BCUT2D eigenvalue weighted by atomic mass is 32.1. The second kappa shape index (κ2) is 5.02. The number of carbonyl (C=O) groups excluding carboxylic acids is 1. The van der Waals surface area contributed by atoms with Crippen LogP contribution in [0.2, 0.25) is 0 Å². The quantitative estimate of drug-likeness (QED) is 0.819. The average Bonchev–Trinajstić information content (AvgIpc) is 3.13. The van der Waals surface area contributed by atoms with Gasteiger partial charge in [-0.3, -0.25) is 4.79 Å². The highest BCUT2D eigenvalue weighted by Crippen LogP contribution is 2.32. The molecule has 0 aliphatic heterocycles. The van der Waals surface area contributed by atoms with Gasteiger partial charge in [-0.05, 0) is 43.4 Å². The van der Waals surface area contributed by atoms with Crippen LogP contribution in [0.25, 0.3) is 0 Å². The van der Waals surface area contributed by atoms with Crippen molar-refractivity contribution in [1.82, 2.24) is 5.32 Å². The van der Waals surface area contributed by atoms with E-state index in [-0.39, 0.29) is 17.8 Å². The van der Waals surface area contributed by atoms with E-state index < -0.39 is 0 Å². The first-order valence-corrected chi connectivity index (χ1v) is 6.26. The molecule has 1 amide bonds. The summed E-state index contributed by atoms with van der Waals surface area (Å²) in [5.41, 5.74) is 6.41. The number of aryl methyl sites for hydroxylation is 1. The summed E-state index contributed by atoms with van der Waals surface area (Å²) >= 11 is 4.94. The van der Waals surface area contributed by atoms with Gasteiger partial charge in [-0.1, -0.05) is 18.3 Å². The third-order valence-electron chi connectivity index (χ3n) is 3.12. The molecular weight excluding hydrogens is 251 g/mol. The monoisotopic (exact) mass is 266 g/mol. The maximum Gasteiger partial charge on any atom is 0.251 e. The summed E-state index contributed by atoms with van der Waals surface area (Å²) in [6.45, 7) is 1.65. The second-order valence-electron chi connectivity index (χ2n) is 4.65. The Kier molecular flexibility index (Phi) is 3.61. The Balaban J connectivity index is 2.10. The lowest BCUT2D eigenvalue weighted by molar-refractivity contribution is 0.0943. The minimum atomic E-state index is -0.388. The van der Waals surface area contributed by atoms with Crippen molar-refractivity contribution < 1.29 is 9.18 Å². The van der Waals surface area contributed by atoms with Crippen LogP contribution in [0, 0.1) is 18.7 Å². The fourth-order valence-corrected chi connectivity index (χ4v) is 2.06. The van der Waals surface area contributed by atoms with Gasteiger partial charge in [-0.25, -0.2) is 4.39 Å². The van der Waals surface area contributed by atoms with Crippen LogP contribution in [0.15, 0.2) is 18.2 Å². The van der Waals surface area contributed by atoms with Crippen LogP contribution >= 0.6 is 12.2 Å². The topological polar surface area (TPSA) is 55.1 Å². The van der Waals surface area contributed by atoms with Crippen LogP contribution in [0.1, 0.15) is 28.8 Å². The first-order valence-electron chi connectivity index (χ1n) is 5.85. The van der Waals surface area contributed by atoms with Crippen LogP contribution in [0.3, 0.4) is 0 Å². The summed E-state index contributed by atoms with van der Waals surface area (Å²) in [4.78, 5) is 12.3. The minimum absolute atomic E-state index is 0.281. The normalized spacial score (nSPS) is 16.1. The number of rotatable bonds is 4. The number of nitrogens with one attached hydrogen (secondary N) is 1. The van der Waals surface area contributed by atoms with Gasteiger partial charge in [0.25, 0.3) is 5.91 Å². The molecule has 5 heteroatoms. The van der Waals surface area contributed by atoms with E-state index in [4.69, 9.17) is 18.0 Å². The molecule has 2 rings (SSSR count). The zero-order chi connectivity index (χ0) is 13.3. The van der Waals surface area contributed by atoms with Crippen LogP contribution in [-0.4, -0.2) is 16.9 Å². The Morgan fingerprint density at radius 3 is 2.72 bits per heavy atom. The van der Waals surface area contributed by atoms with Crippen molar-refractivity contribution in [3.63, 3.8) is 0 Å². The Labute approximate surface area is 111 Å². The van der Waals surface area contributed by atoms with Gasteiger partial charge in [-0.15, -0.1) is 0 Å². The number of hydrogen-bond acceptors (Lipinski definition) is 2. The standard InChI is InChI=1S/C13H15FN2OS/c1-7-2-3-9(6-10(7)14)13(17)16-11(12(15)18)8-4-5-8/h2-3,6,8,11H,4-5H2,1H3,(H2,15,18)(H,16,17). The molecule has 0 saturated heterocycles. The van der Waals surface area contributed by atoms with E-state index in [2.05, 4.69) is 5.32 Å². The van der Waals surface area contributed by atoms with Gasteiger partial charge >= 0.3 is 0 Å². The Morgan fingerprint density at radius 1 is 1.56 bits per heavy atom. The molecule has 0 heterocycles. The first-order chi connectivity index (χ1) is 8.49. The molecule has 0 bridgehead atoms. The maximum absolute atomic E-state index is 13.4. The second-order valence-corrected chi connectivity index (χ2v) is 5.13. The Morgan fingerprint density at radius 2 is 2.22 bits per heavy atom. The fourth-order valence-electron chi connectivity index (χ4n) is 1.81. The summed E-state index contributed by atoms with van der Waals surface area (Å²) in [6.07, 6.45) is 2.04. The van der Waals surface area contributed by atoms with Gasteiger partial charge in [0.1, 0.15) is 5.82 Å². The SMILES string of the molecule is Cc1ccc(C(=O)NC(C(N)=S)C2CC2)cc1F. The predicted octanol–water partition coefficient (Wildman–Crippen LogP) is 1.93. The summed E-state index contributed by atoms with van der Waals surface area (Å²) in [7, 11) is 0. The van der Waals surface area contributed by atoms with Crippen LogP contribution < -0.4 is 11.1 Å². The van der Waals surface area contributed by atoms with E-state index in [1.807, 2.05) is 0 Å². The van der Waals surface area contributed by atoms with Gasteiger partial charge in [-0.2, -0.15) is 0 Å². The van der Waals surface area contributed by atoms with E-state index in [0.29, 0.717) is 22.0 Å². The van der Waals surface area contributed by atoms with Gasteiger partial charge < -0.3 is 11.1 Å². The molecule has 0 spiro atoms. The molecule has 3 nitrogen and oxygen atoms in total. The first kappa shape index (κ1) is 13.0. The third-order valence-corrected chi connectivity index (χ3v) is 3.37. The molecule has 1 aliphatic carbocycles. The fraction of sp³-hybridized carbons (Fsp3) is 0.385. The highest BCUT2D eigenvalue weighted by Gasteiger charge is 2.34. The molecule has 0 aromatic heterocycles. The number of nitrogens with two attached hydrogens (primary N) is 1. The van der Waals surface area contributed by atoms with Crippen LogP contribution in [0.4, 0.5) is 4.39 Å². The van der Waals surface area contributed by atoms with Crippen molar-refractivity contribution in [3.8, 4) is 0 Å². The molecule has 18 heavy (non-hydrogen) atoms. The molecule has 1 aromatic carbocycles. The number of thiocarbonyl (C=S) groups is 1. The summed E-state index contributed by atoms with van der Waals surface area (Å²) < 4.78 is 13.4. The third kappa shape index (κ3) is 2.85. The lowest BCUT2D eigenvalue weighted by Gasteiger charge is -2.16. The van der Waals surface area contributed by atoms with Crippen molar-refractivity contribution in [3.05, 3.63) is 35.1 Å². The number of carbonyl (C=O) groups is 1. The number of benzene rings is 1.